The van der Waals surface area contributed by atoms with Gasteiger partial charge in [0.2, 0.25) is 23.6 Å². The molecule has 0 spiro atoms. The van der Waals surface area contributed by atoms with Crippen molar-refractivity contribution in [2.75, 3.05) is 26.2 Å². The number of hydrogen-bond donors (Lipinski definition) is 2. The molecule has 3 N–H and O–H groups in total. The smallest absolute Gasteiger partial charge is 0.242 e. The van der Waals surface area contributed by atoms with E-state index in [1.165, 1.54) is 0 Å². The number of benzene rings is 4. The molecule has 0 unspecified atom stereocenters. The molecule has 4 amide bonds. The van der Waals surface area contributed by atoms with Crippen LogP contribution in [0.4, 0.5) is 0 Å². The number of nitrogens with one attached hydrogen (secondary N) is 1. The van der Waals surface area contributed by atoms with Crippen LogP contribution in [0.15, 0.2) is 121 Å². The molecule has 4 aromatic rings. The second kappa shape index (κ2) is 19.2. The van der Waals surface area contributed by atoms with Crippen molar-refractivity contribution in [3.63, 3.8) is 0 Å². The fourth-order valence-corrected chi connectivity index (χ4v) is 6.27. The molecule has 51 heavy (non-hydrogen) atoms. The molecule has 4 aromatic carbocycles. The third kappa shape index (κ3) is 11.1. The first-order valence-electron chi connectivity index (χ1n) is 17.7. The van der Waals surface area contributed by atoms with Gasteiger partial charge < -0.3 is 25.8 Å². The van der Waals surface area contributed by atoms with Gasteiger partial charge in [-0.2, -0.15) is 0 Å². The van der Waals surface area contributed by atoms with E-state index < -0.39 is 11.9 Å². The monoisotopic (exact) mass is 689 g/mol. The maximum absolute atomic E-state index is 14.3. The zero-order valence-corrected chi connectivity index (χ0v) is 30.2. The maximum Gasteiger partial charge on any atom is 0.242 e. The van der Waals surface area contributed by atoms with Gasteiger partial charge in [-0.3, -0.25) is 19.2 Å². The lowest BCUT2D eigenvalue weighted by molar-refractivity contribution is -0.145. The third-order valence-corrected chi connectivity index (χ3v) is 9.54. The van der Waals surface area contributed by atoms with Crippen molar-refractivity contribution in [2.45, 2.75) is 64.7 Å². The lowest BCUT2D eigenvalue weighted by Crippen LogP contribution is -2.47. The van der Waals surface area contributed by atoms with E-state index in [0.717, 1.165) is 22.3 Å². The number of hydrogen-bond acceptors (Lipinski definition) is 5. The van der Waals surface area contributed by atoms with E-state index in [4.69, 9.17) is 5.73 Å². The fourth-order valence-electron chi connectivity index (χ4n) is 6.27. The first kappa shape index (κ1) is 38.5. The van der Waals surface area contributed by atoms with Crippen LogP contribution >= 0.6 is 0 Å². The highest BCUT2D eigenvalue weighted by Crippen LogP contribution is 2.26. The number of primary amides is 1. The Balaban J connectivity index is 1.57. The van der Waals surface area contributed by atoms with Crippen LogP contribution in [-0.4, -0.2) is 64.5 Å². The summed E-state index contributed by atoms with van der Waals surface area (Å²) < 4.78 is 0. The average Bonchev–Trinajstić information content (AvgIpc) is 3.16. The number of carbonyl (C=O) groups is 4. The first-order chi connectivity index (χ1) is 24.6. The summed E-state index contributed by atoms with van der Waals surface area (Å²) >= 11 is 0. The van der Waals surface area contributed by atoms with Crippen LogP contribution < -0.4 is 11.1 Å². The van der Waals surface area contributed by atoms with Crippen LogP contribution in [0.1, 0.15) is 87.0 Å². The van der Waals surface area contributed by atoms with Gasteiger partial charge in [-0.25, -0.2) is 0 Å². The Morgan fingerprint density at radius 3 is 1.31 bits per heavy atom. The van der Waals surface area contributed by atoms with E-state index in [2.05, 4.69) is 5.32 Å². The molecule has 0 saturated heterocycles. The molecule has 4 rings (SSSR count). The molecule has 0 bridgehead atoms. The van der Waals surface area contributed by atoms with E-state index in [1.54, 1.807) is 14.7 Å². The van der Waals surface area contributed by atoms with Gasteiger partial charge in [-0.05, 0) is 49.9 Å². The summed E-state index contributed by atoms with van der Waals surface area (Å²) in [5.41, 5.74) is 9.32. The Hall–Kier alpha value is -5.28. The van der Waals surface area contributed by atoms with Crippen molar-refractivity contribution in [2.24, 2.45) is 5.73 Å². The normalized spacial score (nSPS) is 13.3. The van der Waals surface area contributed by atoms with E-state index in [1.807, 2.05) is 149 Å². The highest BCUT2D eigenvalue weighted by Gasteiger charge is 2.30. The topological polar surface area (TPSA) is 116 Å². The van der Waals surface area contributed by atoms with Crippen molar-refractivity contribution in [1.82, 2.24) is 20.0 Å². The molecule has 4 atom stereocenters. The van der Waals surface area contributed by atoms with Crippen LogP contribution in [0.2, 0.25) is 0 Å². The molecule has 0 radical (unpaired) electrons. The summed E-state index contributed by atoms with van der Waals surface area (Å²) in [6, 6.07) is 37.7. The van der Waals surface area contributed by atoms with Crippen molar-refractivity contribution in [3.05, 3.63) is 144 Å². The second-order valence-corrected chi connectivity index (χ2v) is 12.9. The van der Waals surface area contributed by atoms with E-state index in [-0.39, 0.29) is 74.9 Å². The third-order valence-electron chi connectivity index (χ3n) is 9.54. The minimum Gasteiger partial charge on any atom is -0.370 e. The van der Waals surface area contributed by atoms with Gasteiger partial charge in [0.05, 0.1) is 24.7 Å². The Morgan fingerprint density at radius 2 is 0.882 bits per heavy atom. The van der Waals surface area contributed by atoms with Crippen molar-refractivity contribution in [1.29, 1.82) is 0 Å². The summed E-state index contributed by atoms with van der Waals surface area (Å²) in [6.07, 6.45) is 0.00754. The highest BCUT2D eigenvalue weighted by molar-refractivity contribution is 5.86. The lowest BCUT2D eigenvalue weighted by Gasteiger charge is -2.35. The molecule has 0 fully saturated rings. The minimum atomic E-state index is -0.511. The van der Waals surface area contributed by atoms with Crippen molar-refractivity contribution < 1.29 is 19.2 Å². The number of nitrogens with two attached hydrogens (primary N) is 1. The van der Waals surface area contributed by atoms with Gasteiger partial charge in [0, 0.05) is 32.0 Å². The van der Waals surface area contributed by atoms with E-state index in [0.29, 0.717) is 0 Å². The second-order valence-electron chi connectivity index (χ2n) is 12.9. The molecule has 9 heteroatoms. The molecule has 0 aromatic heterocycles. The maximum atomic E-state index is 14.3. The van der Waals surface area contributed by atoms with Gasteiger partial charge >= 0.3 is 0 Å². The largest absolute Gasteiger partial charge is 0.370 e. The Bertz CT molecular complexity index is 1690. The number of rotatable bonds is 18. The molecular formula is C42H51N5O4. The van der Waals surface area contributed by atoms with Crippen LogP contribution in [0.5, 0.6) is 0 Å². The van der Waals surface area contributed by atoms with E-state index in [9.17, 15) is 19.2 Å². The summed E-state index contributed by atoms with van der Waals surface area (Å²) in [4.78, 5) is 59.0. The van der Waals surface area contributed by atoms with Crippen molar-refractivity contribution >= 4 is 23.6 Å². The SMILES string of the molecule is C[C@H](NCC(=O)N(CCC(=O)N(CC(=O)N(CCC(N)=O)[C@@H](C)c1ccccc1)[C@@H](C)c1ccccc1)[C@@H](C)c1ccccc1)c1ccccc1. The summed E-state index contributed by atoms with van der Waals surface area (Å²) in [7, 11) is 0. The molecule has 0 heterocycles. The lowest BCUT2D eigenvalue weighted by atomic mass is 10.0. The van der Waals surface area contributed by atoms with E-state index >= 15 is 0 Å². The average molecular weight is 690 g/mol. The van der Waals surface area contributed by atoms with Gasteiger partial charge in [0.15, 0.2) is 0 Å². The van der Waals surface area contributed by atoms with Gasteiger partial charge in [-0.15, -0.1) is 0 Å². The first-order valence-corrected chi connectivity index (χ1v) is 17.7. The van der Waals surface area contributed by atoms with Crippen molar-refractivity contribution in [3.8, 4) is 0 Å². The molecule has 9 nitrogen and oxygen atoms in total. The van der Waals surface area contributed by atoms with Gasteiger partial charge in [0.25, 0.3) is 0 Å². The fraction of sp³-hybridized carbons (Fsp3) is 0.333. The van der Waals surface area contributed by atoms with Crippen LogP contribution in [0, 0.1) is 0 Å². The summed E-state index contributed by atoms with van der Waals surface area (Å²) in [6.45, 7) is 7.96. The van der Waals surface area contributed by atoms with Crippen LogP contribution in [0.3, 0.4) is 0 Å². The zero-order chi connectivity index (χ0) is 36.8. The quantitative estimate of drug-likeness (QED) is 0.126. The molecule has 0 aliphatic rings. The number of nitrogens with zero attached hydrogens (tertiary/aromatic N) is 3. The van der Waals surface area contributed by atoms with Gasteiger partial charge in [0.1, 0.15) is 6.54 Å². The number of carbonyl (C=O) groups excluding carboxylic acids is 4. The van der Waals surface area contributed by atoms with Crippen LogP contribution in [-0.2, 0) is 19.2 Å². The summed E-state index contributed by atoms with van der Waals surface area (Å²) in [5, 5.41) is 3.35. The molecule has 0 saturated carbocycles. The van der Waals surface area contributed by atoms with Crippen LogP contribution in [0.25, 0.3) is 0 Å². The van der Waals surface area contributed by atoms with Gasteiger partial charge in [-0.1, -0.05) is 121 Å². The Labute approximate surface area is 302 Å². The summed E-state index contributed by atoms with van der Waals surface area (Å²) in [5.74, 6) is -1.20. The standard InChI is InChI=1S/C42H51N5O4/c1-31(35-17-9-5-10-18-35)44-29-41(50)45(32(2)36-19-11-6-12-20-36)28-26-40(49)47(34(4)38-23-15-8-16-24-38)30-42(51)46(27-25-39(43)48)33(3)37-21-13-7-14-22-37/h5-24,31-34,44H,25-30H2,1-4H3,(H2,43,48)/t31-,32-,33-,34-/m0/s1. The molecular weight excluding hydrogens is 638 g/mol. The predicted molar refractivity (Wildman–Crippen MR) is 201 cm³/mol. The molecule has 0 aliphatic carbocycles. The minimum absolute atomic E-state index is 0.00350. The number of amides is 4. The zero-order valence-electron chi connectivity index (χ0n) is 30.2. The Morgan fingerprint density at radius 1 is 0.510 bits per heavy atom. The molecule has 0 aliphatic heterocycles. The Kier molecular flexibility index (Phi) is 14.5. The highest BCUT2D eigenvalue weighted by atomic mass is 16.2. The molecule has 268 valence electrons. The predicted octanol–water partition coefficient (Wildman–Crippen LogP) is 6.37.